The van der Waals surface area contributed by atoms with Gasteiger partial charge in [-0.15, -0.1) is 0 Å². The number of nitrogens with one attached hydrogen (secondary N) is 2. The Hall–Kier alpha value is -2.63. The molecule has 2 amide bonds. The Morgan fingerprint density at radius 3 is 2.69 bits per heavy atom. The van der Waals surface area contributed by atoms with Gasteiger partial charge in [0.05, 0.1) is 30.0 Å². The Morgan fingerprint density at radius 2 is 1.92 bits per heavy atom. The molecule has 2 heterocycles. The highest BCUT2D eigenvalue weighted by atomic mass is 16.2. The van der Waals surface area contributed by atoms with E-state index in [0.717, 1.165) is 36.9 Å². The Morgan fingerprint density at radius 1 is 1.15 bits per heavy atom. The van der Waals surface area contributed by atoms with E-state index in [9.17, 15) is 9.59 Å². The first kappa shape index (κ1) is 16.8. The van der Waals surface area contributed by atoms with Crippen molar-refractivity contribution in [3.05, 3.63) is 53.3 Å². The molecule has 1 aliphatic heterocycles. The van der Waals surface area contributed by atoms with Crippen LogP contribution >= 0.6 is 0 Å². The minimum atomic E-state index is -0.113. The summed E-state index contributed by atoms with van der Waals surface area (Å²) >= 11 is 0. The monoisotopic (exact) mass is 352 g/mol. The zero-order chi connectivity index (χ0) is 17.9. The van der Waals surface area contributed by atoms with Gasteiger partial charge in [0.2, 0.25) is 5.91 Å². The molecule has 4 rings (SSSR count). The van der Waals surface area contributed by atoms with Crippen LogP contribution in [0.25, 0.3) is 0 Å². The highest BCUT2D eigenvalue weighted by Crippen LogP contribution is 2.26. The molecule has 6 heteroatoms. The lowest BCUT2D eigenvalue weighted by Gasteiger charge is -2.15. The van der Waals surface area contributed by atoms with Gasteiger partial charge in [-0.1, -0.05) is 43.2 Å². The smallest absolute Gasteiger partial charge is 0.255 e. The molecule has 0 saturated heterocycles. The first-order valence-electron chi connectivity index (χ1n) is 9.38. The van der Waals surface area contributed by atoms with Crippen molar-refractivity contribution in [2.45, 2.75) is 51.2 Å². The zero-order valence-corrected chi connectivity index (χ0v) is 14.8. The largest absolute Gasteiger partial charge is 0.351 e. The van der Waals surface area contributed by atoms with E-state index in [-0.39, 0.29) is 23.8 Å². The molecular formula is C20H24N4O2. The van der Waals surface area contributed by atoms with Crippen molar-refractivity contribution in [2.75, 3.05) is 0 Å². The summed E-state index contributed by atoms with van der Waals surface area (Å²) in [6.07, 6.45) is 6.58. The second-order valence-electron chi connectivity index (χ2n) is 7.25. The number of fused-ring (bicyclic) bond motifs is 1. The number of carbonyl (C=O) groups is 2. The molecule has 1 unspecified atom stereocenters. The maximum atomic E-state index is 12.5. The van der Waals surface area contributed by atoms with Crippen molar-refractivity contribution in [1.29, 1.82) is 0 Å². The topological polar surface area (TPSA) is 76.0 Å². The third-order valence-electron chi connectivity index (χ3n) is 5.39. The molecule has 1 aromatic carbocycles. The van der Waals surface area contributed by atoms with Gasteiger partial charge in [-0.25, -0.2) is 0 Å². The van der Waals surface area contributed by atoms with Crippen molar-refractivity contribution in [1.82, 2.24) is 20.4 Å². The summed E-state index contributed by atoms with van der Waals surface area (Å²) in [7, 11) is 0. The predicted octanol–water partition coefficient (Wildman–Crippen LogP) is 2.04. The first-order valence-corrected chi connectivity index (χ1v) is 9.38. The van der Waals surface area contributed by atoms with Crippen molar-refractivity contribution < 1.29 is 9.59 Å². The van der Waals surface area contributed by atoms with Crippen LogP contribution in [0.5, 0.6) is 0 Å². The van der Waals surface area contributed by atoms with Crippen LogP contribution < -0.4 is 10.6 Å². The molecule has 2 aromatic rings. The van der Waals surface area contributed by atoms with Gasteiger partial charge in [-0.3, -0.25) is 14.3 Å². The predicted molar refractivity (Wildman–Crippen MR) is 97.4 cm³/mol. The lowest BCUT2D eigenvalue weighted by molar-refractivity contribution is -0.125. The lowest BCUT2D eigenvalue weighted by atomic mass is 10.1. The van der Waals surface area contributed by atoms with Crippen LogP contribution in [-0.4, -0.2) is 27.6 Å². The van der Waals surface area contributed by atoms with Crippen LogP contribution in [0.15, 0.2) is 36.5 Å². The maximum Gasteiger partial charge on any atom is 0.255 e. The van der Waals surface area contributed by atoms with Gasteiger partial charge in [-0.2, -0.15) is 5.10 Å². The normalized spacial score (nSPS) is 19.3. The van der Waals surface area contributed by atoms with Crippen molar-refractivity contribution in [3.8, 4) is 0 Å². The van der Waals surface area contributed by atoms with E-state index < -0.39 is 0 Å². The summed E-state index contributed by atoms with van der Waals surface area (Å²) in [4.78, 5) is 24.9. The molecule has 6 nitrogen and oxygen atoms in total. The van der Waals surface area contributed by atoms with Crippen molar-refractivity contribution in [3.63, 3.8) is 0 Å². The number of hydrogen-bond donors (Lipinski definition) is 2. The van der Waals surface area contributed by atoms with Crippen LogP contribution in [0.1, 0.15) is 47.3 Å². The van der Waals surface area contributed by atoms with Crippen LogP contribution in [0.3, 0.4) is 0 Å². The van der Waals surface area contributed by atoms with Gasteiger partial charge in [0.15, 0.2) is 0 Å². The van der Waals surface area contributed by atoms with Gasteiger partial charge < -0.3 is 10.6 Å². The molecule has 1 aliphatic carbocycles. The fourth-order valence-electron chi connectivity index (χ4n) is 3.96. The van der Waals surface area contributed by atoms with Gasteiger partial charge in [0, 0.05) is 18.9 Å². The third kappa shape index (κ3) is 3.49. The Labute approximate surface area is 153 Å². The van der Waals surface area contributed by atoms with E-state index in [0.29, 0.717) is 25.1 Å². The summed E-state index contributed by atoms with van der Waals surface area (Å²) in [5.74, 6) is 0.211. The average molecular weight is 352 g/mol. The second kappa shape index (κ2) is 7.32. The number of nitrogens with zero attached hydrogens (tertiary/aromatic N) is 2. The number of benzene rings is 1. The average Bonchev–Trinajstić information content (AvgIpc) is 3.37. The molecule has 1 atom stereocenters. The van der Waals surface area contributed by atoms with Crippen LogP contribution in [0.2, 0.25) is 0 Å². The molecule has 0 bridgehead atoms. The van der Waals surface area contributed by atoms with E-state index in [2.05, 4.69) is 15.7 Å². The number of carbonyl (C=O) groups excluding carboxylic acids is 2. The molecule has 1 saturated carbocycles. The maximum absolute atomic E-state index is 12.5. The van der Waals surface area contributed by atoms with Crippen molar-refractivity contribution in [2.24, 2.45) is 5.92 Å². The van der Waals surface area contributed by atoms with Crippen LogP contribution in [0.4, 0.5) is 0 Å². The Balaban J connectivity index is 1.35. The Kier molecular flexibility index (Phi) is 4.73. The standard InChI is InChI=1S/C20H24N4O2/c25-19(15-8-4-5-9-15)23-16-10-18-17(12-22-24(18)13-16)20(26)21-11-14-6-2-1-3-7-14/h1-3,6-7,12,15-16H,4-5,8-11,13H2,(H,21,26)(H,23,25). The zero-order valence-electron chi connectivity index (χ0n) is 14.8. The number of hydrogen-bond acceptors (Lipinski definition) is 3. The van der Waals surface area contributed by atoms with E-state index in [1.54, 1.807) is 6.20 Å². The molecule has 26 heavy (non-hydrogen) atoms. The third-order valence-corrected chi connectivity index (χ3v) is 5.39. The van der Waals surface area contributed by atoms with Gasteiger partial charge in [0.1, 0.15) is 0 Å². The number of amides is 2. The Bertz CT molecular complexity index is 793. The summed E-state index contributed by atoms with van der Waals surface area (Å²) < 4.78 is 1.84. The highest BCUT2D eigenvalue weighted by molar-refractivity contribution is 5.95. The SMILES string of the molecule is O=C(NCc1ccccc1)c1cnn2c1CC(NC(=O)C1CCCC1)C2. The molecule has 0 radical (unpaired) electrons. The van der Waals surface area contributed by atoms with Crippen molar-refractivity contribution >= 4 is 11.8 Å². The molecule has 2 aliphatic rings. The number of aromatic nitrogens is 2. The number of rotatable bonds is 5. The summed E-state index contributed by atoms with van der Waals surface area (Å²) in [5.41, 5.74) is 2.58. The molecule has 2 N–H and O–H groups in total. The quantitative estimate of drug-likeness (QED) is 0.865. The van der Waals surface area contributed by atoms with E-state index >= 15 is 0 Å². The molecule has 1 fully saturated rings. The van der Waals surface area contributed by atoms with E-state index in [1.165, 1.54) is 0 Å². The molecule has 136 valence electrons. The van der Waals surface area contributed by atoms with Gasteiger partial charge in [-0.05, 0) is 18.4 Å². The van der Waals surface area contributed by atoms with Crippen LogP contribution in [0, 0.1) is 5.92 Å². The van der Waals surface area contributed by atoms with Crippen LogP contribution in [-0.2, 0) is 24.3 Å². The first-order chi connectivity index (χ1) is 12.7. The summed E-state index contributed by atoms with van der Waals surface area (Å²) in [5, 5.41) is 10.4. The summed E-state index contributed by atoms with van der Waals surface area (Å²) in [6.45, 7) is 1.13. The molecule has 0 spiro atoms. The summed E-state index contributed by atoms with van der Waals surface area (Å²) in [6, 6.07) is 9.87. The fourth-order valence-corrected chi connectivity index (χ4v) is 3.96. The molecule has 1 aromatic heterocycles. The highest BCUT2D eigenvalue weighted by Gasteiger charge is 2.31. The van der Waals surface area contributed by atoms with Gasteiger partial charge in [0.25, 0.3) is 5.91 Å². The molecular weight excluding hydrogens is 328 g/mol. The van der Waals surface area contributed by atoms with Gasteiger partial charge >= 0.3 is 0 Å². The minimum Gasteiger partial charge on any atom is -0.351 e. The minimum absolute atomic E-state index is 0.0347. The van der Waals surface area contributed by atoms with E-state index in [4.69, 9.17) is 0 Å². The van der Waals surface area contributed by atoms with E-state index in [1.807, 2.05) is 35.0 Å². The second-order valence-corrected chi connectivity index (χ2v) is 7.25. The lowest BCUT2D eigenvalue weighted by Crippen LogP contribution is -2.39. The fraction of sp³-hybridized carbons (Fsp3) is 0.450.